The van der Waals surface area contributed by atoms with E-state index >= 15 is 0 Å². The zero-order valence-corrected chi connectivity index (χ0v) is 18.5. The summed E-state index contributed by atoms with van der Waals surface area (Å²) in [5.74, 6) is -0.329. The van der Waals surface area contributed by atoms with Gasteiger partial charge in [0.25, 0.3) is 11.5 Å². The Morgan fingerprint density at radius 3 is 2.50 bits per heavy atom. The standard InChI is InChI=1S/C23H29N5O4/c1-3-5-14-28-21(24)20(22(31)25-23(28)32)26(4-2)19(30)13-10-16-8-11-17(12-9-16)27-15-6-7-18(27)29/h8-13H,3-7,14-15,24H2,1-2H3,(H,25,31,32)/b13-10+. The minimum absolute atomic E-state index is 0.0181. The van der Waals surface area contributed by atoms with E-state index < -0.39 is 17.2 Å². The van der Waals surface area contributed by atoms with Gasteiger partial charge in [0.2, 0.25) is 5.91 Å². The van der Waals surface area contributed by atoms with E-state index in [9.17, 15) is 19.2 Å². The maximum atomic E-state index is 12.9. The number of aromatic nitrogens is 2. The number of rotatable bonds is 8. The molecule has 1 aliphatic rings. The number of nitrogens with one attached hydrogen (secondary N) is 1. The number of H-pyrrole nitrogens is 1. The zero-order chi connectivity index (χ0) is 23.3. The summed E-state index contributed by atoms with van der Waals surface area (Å²) in [5.41, 5.74) is 6.44. The van der Waals surface area contributed by atoms with Crippen molar-refractivity contribution in [1.29, 1.82) is 0 Å². The Balaban J connectivity index is 1.82. The molecule has 1 aliphatic heterocycles. The lowest BCUT2D eigenvalue weighted by molar-refractivity contribution is -0.117. The van der Waals surface area contributed by atoms with Gasteiger partial charge in [-0.1, -0.05) is 25.5 Å². The summed E-state index contributed by atoms with van der Waals surface area (Å²) in [7, 11) is 0. The van der Waals surface area contributed by atoms with Crippen LogP contribution in [0, 0.1) is 0 Å². The Labute approximate surface area is 186 Å². The molecule has 0 aliphatic carbocycles. The molecule has 0 saturated carbocycles. The van der Waals surface area contributed by atoms with Gasteiger partial charge in [0.1, 0.15) is 5.82 Å². The van der Waals surface area contributed by atoms with E-state index in [1.807, 2.05) is 31.2 Å². The summed E-state index contributed by atoms with van der Waals surface area (Å²) in [6.07, 6.45) is 5.99. The van der Waals surface area contributed by atoms with E-state index in [0.717, 1.165) is 24.1 Å². The molecule has 0 unspecified atom stereocenters. The summed E-state index contributed by atoms with van der Waals surface area (Å²) < 4.78 is 1.29. The van der Waals surface area contributed by atoms with E-state index in [0.29, 0.717) is 25.9 Å². The second-order valence-corrected chi connectivity index (χ2v) is 7.65. The number of unbranched alkanes of at least 4 members (excludes halogenated alkanes) is 1. The summed E-state index contributed by atoms with van der Waals surface area (Å²) >= 11 is 0. The molecular weight excluding hydrogens is 410 g/mol. The molecule has 2 amide bonds. The topological polar surface area (TPSA) is 121 Å². The van der Waals surface area contributed by atoms with E-state index in [1.54, 1.807) is 17.9 Å². The average molecular weight is 440 g/mol. The molecule has 0 spiro atoms. The summed E-state index contributed by atoms with van der Waals surface area (Å²) in [4.78, 5) is 54.6. The van der Waals surface area contributed by atoms with Crippen LogP contribution in [-0.2, 0) is 16.1 Å². The predicted octanol–water partition coefficient (Wildman–Crippen LogP) is 2.11. The van der Waals surface area contributed by atoms with Crippen LogP contribution in [0.25, 0.3) is 6.08 Å². The second-order valence-electron chi connectivity index (χ2n) is 7.65. The number of nitrogen functional groups attached to an aromatic ring is 1. The molecule has 1 aromatic heterocycles. The van der Waals surface area contributed by atoms with Gasteiger partial charge in [-0.3, -0.25) is 23.9 Å². The summed E-state index contributed by atoms with van der Waals surface area (Å²) in [6, 6.07) is 7.34. The van der Waals surface area contributed by atoms with Gasteiger partial charge in [-0.05, 0) is 43.5 Å². The molecule has 0 bridgehead atoms. The van der Waals surface area contributed by atoms with Crippen LogP contribution < -0.4 is 26.8 Å². The van der Waals surface area contributed by atoms with Crippen molar-refractivity contribution in [1.82, 2.24) is 9.55 Å². The van der Waals surface area contributed by atoms with Crippen molar-refractivity contribution in [3.05, 3.63) is 56.7 Å². The van der Waals surface area contributed by atoms with Crippen LogP contribution >= 0.6 is 0 Å². The first-order chi connectivity index (χ1) is 15.4. The fourth-order valence-corrected chi connectivity index (χ4v) is 3.74. The first-order valence-electron chi connectivity index (χ1n) is 10.9. The molecule has 170 valence electrons. The van der Waals surface area contributed by atoms with E-state index in [1.165, 1.54) is 15.5 Å². The van der Waals surface area contributed by atoms with Crippen LogP contribution in [0.4, 0.5) is 17.2 Å². The first kappa shape index (κ1) is 23.1. The Morgan fingerprint density at radius 1 is 1.19 bits per heavy atom. The molecule has 0 radical (unpaired) electrons. The largest absolute Gasteiger partial charge is 0.383 e. The highest BCUT2D eigenvalue weighted by atomic mass is 16.2. The lowest BCUT2D eigenvalue weighted by Crippen LogP contribution is -2.40. The second kappa shape index (κ2) is 10.1. The highest BCUT2D eigenvalue weighted by Gasteiger charge is 2.22. The summed E-state index contributed by atoms with van der Waals surface area (Å²) in [6.45, 7) is 5.00. The highest BCUT2D eigenvalue weighted by molar-refractivity contribution is 6.05. The molecule has 3 N–H and O–H groups in total. The van der Waals surface area contributed by atoms with Crippen LogP contribution in [0.15, 0.2) is 39.9 Å². The van der Waals surface area contributed by atoms with Gasteiger partial charge in [0.05, 0.1) is 0 Å². The number of carbonyl (C=O) groups is 2. The smallest absolute Gasteiger partial charge is 0.330 e. The van der Waals surface area contributed by atoms with E-state index in [4.69, 9.17) is 5.73 Å². The lowest BCUT2D eigenvalue weighted by Gasteiger charge is -2.22. The Hall–Kier alpha value is -3.62. The quantitative estimate of drug-likeness (QED) is 0.610. The van der Waals surface area contributed by atoms with E-state index in [-0.39, 0.29) is 24.0 Å². The maximum Gasteiger partial charge on any atom is 0.330 e. The van der Waals surface area contributed by atoms with Gasteiger partial charge in [-0.2, -0.15) is 0 Å². The first-order valence-corrected chi connectivity index (χ1v) is 10.9. The molecule has 9 nitrogen and oxygen atoms in total. The van der Waals surface area contributed by atoms with Crippen molar-refractivity contribution < 1.29 is 9.59 Å². The average Bonchev–Trinajstić information content (AvgIpc) is 3.21. The van der Waals surface area contributed by atoms with Crippen molar-refractivity contribution in [3.63, 3.8) is 0 Å². The minimum atomic E-state index is -0.691. The zero-order valence-electron chi connectivity index (χ0n) is 18.5. The number of amides is 2. The lowest BCUT2D eigenvalue weighted by atomic mass is 10.1. The van der Waals surface area contributed by atoms with Crippen LogP contribution in [0.2, 0.25) is 0 Å². The number of nitrogens with zero attached hydrogens (tertiary/aromatic N) is 3. The number of likely N-dealkylation sites (N-methyl/N-ethyl adjacent to an activating group) is 1. The normalized spacial score (nSPS) is 13.8. The van der Waals surface area contributed by atoms with Crippen molar-refractivity contribution in [3.8, 4) is 0 Å². The van der Waals surface area contributed by atoms with Crippen LogP contribution in [-0.4, -0.2) is 34.5 Å². The SMILES string of the molecule is CCCCn1c(N)c(N(CC)C(=O)/C=C/c2ccc(N3CCCC3=O)cc2)c(=O)[nH]c1=O. The number of anilines is 3. The third-order valence-corrected chi connectivity index (χ3v) is 5.50. The van der Waals surface area contributed by atoms with Gasteiger partial charge >= 0.3 is 5.69 Å². The fraction of sp³-hybridized carbons (Fsp3) is 0.391. The number of carbonyl (C=O) groups excluding carboxylic acids is 2. The predicted molar refractivity (Wildman–Crippen MR) is 126 cm³/mol. The summed E-state index contributed by atoms with van der Waals surface area (Å²) in [5, 5.41) is 0. The van der Waals surface area contributed by atoms with Crippen molar-refractivity contribution in [2.75, 3.05) is 28.6 Å². The molecule has 2 aromatic rings. The van der Waals surface area contributed by atoms with Gasteiger partial charge in [-0.25, -0.2) is 4.79 Å². The molecule has 0 atom stereocenters. The number of aromatic amines is 1. The minimum Gasteiger partial charge on any atom is -0.383 e. The fourth-order valence-electron chi connectivity index (χ4n) is 3.74. The van der Waals surface area contributed by atoms with Crippen molar-refractivity contribution in [2.24, 2.45) is 0 Å². The molecule has 1 aromatic carbocycles. The van der Waals surface area contributed by atoms with Crippen molar-refractivity contribution in [2.45, 2.75) is 46.1 Å². The number of hydrogen-bond acceptors (Lipinski definition) is 5. The third-order valence-electron chi connectivity index (χ3n) is 5.50. The maximum absolute atomic E-state index is 12.9. The molecule has 2 heterocycles. The van der Waals surface area contributed by atoms with Crippen molar-refractivity contribution >= 4 is 35.1 Å². The number of nitrogens with two attached hydrogens (primary N) is 1. The third kappa shape index (κ3) is 4.82. The van der Waals surface area contributed by atoms with Crippen LogP contribution in [0.1, 0.15) is 45.1 Å². The monoisotopic (exact) mass is 439 g/mol. The van der Waals surface area contributed by atoms with Gasteiger partial charge in [0, 0.05) is 37.8 Å². The molecule has 1 fully saturated rings. The highest BCUT2D eigenvalue weighted by Crippen LogP contribution is 2.22. The molecule has 9 heteroatoms. The molecular formula is C23H29N5O4. The Kier molecular flexibility index (Phi) is 7.29. The van der Waals surface area contributed by atoms with Gasteiger partial charge in [0.15, 0.2) is 5.69 Å². The molecule has 32 heavy (non-hydrogen) atoms. The van der Waals surface area contributed by atoms with Crippen LogP contribution in [0.3, 0.4) is 0 Å². The van der Waals surface area contributed by atoms with Gasteiger partial charge in [-0.15, -0.1) is 0 Å². The van der Waals surface area contributed by atoms with E-state index in [2.05, 4.69) is 4.98 Å². The molecule has 3 rings (SSSR count). The Bertz CT molecular complexity index is 1130. The number of benzene rings is 1. The number of hydrogen-bond donors (Lipinski definition) is 2. The Morgan fingerprint density at radius 2 is 1.91 bits per heavy atom. The molecule has 1 saturated heterocycles. The van der Waals surface area contributed by atoms with Gasteiger partial charge < -0.3 is 15.5 Å². The van der Waals surface area contributed by atoms with Crippen LogP contribution in [0.5, 0.6) is 0 Å².